The molecule has 1 amide bonds. The zero-order valence-electron chi connectivity index (χ0n) is 19.2. The van der Waals surface area contributed by atoms with Crippen molar-refractivity contribution >= 4 is 40.6 Å². The van der Waals surface area contributed by atoms with Crippen LogP contribution in [0.25, 0.3) is 0 Å². The molecule has 11 heteroatoms. The van der Waals surface area contributed by atoms with Crippen LogP contribution >= 0.6 is 0 Å². The maximum atomic E-state index is 13.7. The first-order chi connectivity index (χ1) is 16.2. The molecule has 35 heavy (non-hydrogen) atoms. The molecule has 3 unspecified atom stereocenters. The van der Waals surface area contributed by atoms with E-state index in [1.165, 1.54) is 25.1 Å². The number of rotatable bonds is 4. The maximum Gasteiger partial charge on any atom is 0.235 e. The van der Waals surface area contributed by atoms with Crippen LogP contribution < -0.4 is 5.73 Å². The summed E-state index contributed by atoms with van der Waals surface area (Å²) in [6, 6.07) is 1.06. The lowest BCUT2D eigenvalue weighted by Gasteiger charge is -2.52. The minimum atomic E-state index is -2.82. The van der Waals surface area contributed by atoms with Crippen LogP contribution in [-0.4, -0.2) is 81.5 Å². The van der Waals surface area contributed by atoms with Gasteiger partial charge < -0.3 is 15.9 Å². The van der Waals surface area contributed by atoms with Crippen molar-refractivity contribution in [2.75, 3.05) is 14.1 Å². The summed E-state index contributed by atoms with van der Waals surface area (Å²) in [6.45, 7) is 1.06. The first kappa shape index (κ1) is 24.6. The van der Waals surface area contributed by atoms with E-state index in [2.05, 4.69) is 0 Å². The topological polar surface area (TPSA) is 189 Å². The minimum absolute atomic E-state index is 0.0841. The van der Waals surface area contributed by atoms with Gasteiger partial charge in [-0.2, -0.15) is 0 Å². The van der Waals surface area contributed by atoms with Crippen LogP contribution in [0.5, 0.6) is 5.75 Å². The second-order valence-electron chi connectivity index (χ2n) is 9.66. The number of aliphatic hydroxyl groups is 1. The average Bonchev–Trinajstić information content (AvgIpc) is 2.75. The van der Waals surface area contributed by atoms with Crippen LogP contribution in [0, 0.1) is 23.7 Å². The second kappa shape index (κ2) is 7.99. The molecule has 4 rings (SSSR count). The molecule has 0 saturated heterocycles. The van der Waals surface area contributed by atoms with E-state index >= 15 is 0 Å². The van der Waals surface area contributed by atoms with Gasteiger partial charge in [0.1, 0.15) is 5.75 Å². The molecule has 0 aromatic heterocycles. The van der Waals surface area contributed by atoms with Gasteiger partial charge in [-0.15, -0.1) is 0 Å². The number of phenolic OH excluding ortho intramolecular Hbond substituents is 1. The number of likely N-dealkylation sites (N-methyl/N-ethyl adjacent to an activating group) is 1. The molecule has 0 radical (unpaired) electrons. The molecule has 0 aliphatic heterocycles. The van der Waals surface area contributed by atoms with Crippen LogP contribution in [0.15, 0.2) is 12.1 Å². The Kier molecular flexibility index (Phi) is 5.61. The van der Waals surface area contributed by atoms with Gasteiger partial charge in [-0.3, -0.25) is 38.5 Å². The molecule has 11 nitrogen and oxygen atoms in total. The Bertz CT molecular complexity index is 1250. The number of aromatic hydroxyl groups is 1. The summed E-state index contributed by atoms with van der Waals surface area (Å²) in [4.78, 5) is 90.9. The van der Waals surface area contributed by atoms with Gasteiger partial charge in [-0.05, 0) is 50.6 Å². The lowest BCUT2D eigenvalue weighted by Crippen LogP contribution is -2.74. The van der Waals surface area contributed by atoms with Crippen molar-refractivity contribution in [2.24, 2.45) is 29.4 Å². The summed E-state index contributed by atoms with van der Waals surface area (Å²) in [5.41, 5.74) is 2.13. The third kappa shape index (κ3) is 3.22. The molecule has 2 saturated carbocycles. The quantitative estimate of drug-likeness (QED) is 0.261. The van der Waals surface area contributed by atoms with E-state index in [9.17, 15) is 43.8 Å². The van der Waals surface area contributed by atoms with Crippen LogP contribution in [0.3, 0.4) is 0 Å². The number of carbonyl (C=O) groups excluding carboxylic acids is 7. The summed E-state index contributed by atoms with van der Waals surface area (Å²) in [5, 5.41) is 21.9. The number of hydrogen-bond donors (Lipinski definition) is 3. The Balaban J connectivity index is 1.89. The minimum Gasteiger partial charge on any atom is -0.507 e. The Hall–Kier alpha value is -3.57. The Morgan fingerprint density at radius 3 is 2.26 bits per heavy atom. The van der Waals surface area contributed by atoms with Gasteiger partial charge in [-0.1, -0.05) is 0 Å². The van der Waals surface area contributed by atoms with Crippen molar-refractivity contribution in [1.29, 1.82) is 0 Å². The number of ketones is 6. The normalized spacial score (nSPS) is 32.1. The number of primary amides is 1. The van der Waals surface area contributed by atoms with E-state index in [1.54, 1.807) is 0 Å². The fraction of sp³-hybridized carbons (Fsp3) is 0.458. The summed E-state index contributed by atoms with van der Waals surface area (Å²) in [6.07, 6.45) is -0.234. The van der Waals surface area contributed by atoms with Crippen molar-refractivity contribution in [3.63, 3.8) is 0 Å². The number of amides is 1. The monoisotopic (exact) mass is 484 g/mol. The second-order valence-corrected chi connectivity index (χ2v) is 9.66. The van der Waals surface area contributed by atoms with Gasteiger partial charge in [0.25, 0.3) is 0 Å². The zero-order valence-corrected chi connectivity index (χ0v) is 19.2. The standard InChI is InChI=1S/C24H24N2O9/c1-8(27)18(29)10-4-5-13(28)15-11(10)6-9-7-12-17(26(2)3)20(31)16(23(25)34)22(33)24(12,35)21(32)14(9)19(15)30/h4-5,9,12,14,16-17,28,35H,6-7H2,1-3H3,(H2,25,34)/t9-,12-,14?,16?,17?,24-/m1/s1. The molecular formula is C24H24N2O9. The van der Waals surface area contributed by atoms with Gasteiger partial charge in [-0.25, -0.2) is 0 Å². The molecule has 1 aromatic rings. The number of benzene rings is 1. The number of nitrogens with zero attached hydrogens (tertiary/aromatic N) is 1. The van der Waals surface area contributed by atoms with Gasteiger partial charge >= 0.3 is 0 Å². The number of fused-ring (bicyclic) bond motifs is 3. The highest BCUT2D eigenvalue weighted by Gasteiger charge is 2.69. The summed E-state index contributed by atoms with van der Waals surface area (Å²) in [7, 11) is 2.97. The Labute approximate surface area is 199 Å². The predicted octanol–water partition coefficient (Wildman–Crippen LogP) is -1.36. The van der Waals surface area contributed by atoms with Crippen LogP contribution in [0.4, 0.5) is 0 Å². The summed E-state index contributed by atoms with van der Waals surface area (Å²) < 4.78 is 0. The highest BCUT2D eigenvalue weighted by molar-refractivity contribution is 6.43. The van der Waals surface area contributed by atoms with Gasteiger partial charge in [0, 0.05) is 18.4 Å². The van der Waals surface area contributed by atoms with Crippen molar-refractivity contribution in [3.8, 4) is 5.75 Å². The van der Waals surface area contributed by atoms with Crippen molar-refractivity contribution in [3.05, 3.63) is 28.8 Å². The molecule has 0 heterocycles. The van der Waals surface area contributed by atoms with E-state index in [0.717, 1.165) is 13.0 Å². The third-order valence-corrected chi connectivity index (χ3v) is 7.51. The molecular weight excluding hydrogens is 460 g/mol. The fourth-order valence-electron chi connectivity index (χ4n) is 6.01. The molecule has 2 fully saturated rings. The van der Waals surface area contributed by atoms with E-state index in [4.69, 9.17) is 5.73 Å². The van der Waals surface area contributed by atoms with Crippen LogP contribution in [0.2, 0.25) is 0 Å². The number of Topliss-reactive ketones (excluding diaryl/α,β-unsaturated/α-hetero) is 6. The van der Waals surface area contributed by atoms with Gasteiger partial charge in [0.05, 0.1) is 17.5 Å². The fourth-order valence-corrected chi connectivity index (χ4v) is 6.01. The summed E-state index contributed by atoms with van der Waals surface area (Å²) in [5.74, 6) is -13.5. The smallest absolute Gasteiger partial charge is 0.235 e. The van der Waals surface area contributed by atoms with Crippen molar-refractivity contribution in [1.82, 2.24) is 4.90 Å². The van der Waals surface area contributed by atoms with Gasteiger partial charge in [0.2, 0.25) is 11.7 Å². The highest BCUT2D eigenvalue weighted by Crippen LogP contribution is 2.51. The first-order valence-electron chi connectivity index (χ1n) is 11.0. The molecule has 4 N–H and O–H groups in total. The molecule has 0 bridgehead atoms. The molecule has 3 aliphatic rings. The number of carbonyl (C=O) groups is 7. The first-order valence-corrected chi connectivity index (χ1v) is 11.0. The number of phenols is 1. The van der Waals surface area contributed by atoms with E-state index < -0.39 is 81.7 Å². The van der Waals surface area contributed by atoms with Crippen molar-refractivity contribution < 1.29 is 43.8 Å². The summed E-state index contributed by atoms with van der Waals surface area (Å²) >= 11 is 0. The molecule has 3 aliphatic carbocycles. The Morgan fingerprint density at radius 1 is 1.09 bits per heavy atom. The average molecular weight is 484 g/mol. The van der Waals surface area contributed by atoms with Crippen LogP contribution in [0.1, 0.15) is 39.6 Å². The maximum absolute atomic E-state index is 13.7. The molecule has 1 aromatic carbocycles. The lowest BCUT2D eigenvalue weighted by atomic mass is 9.52. The zero-order chi connectivity index (χ0) is 26.1. The Morgan fingerprint density at radius 2 is 1.71 bits per heavy atom. The largest absolute Gasteiger partial charge is 0.507 e. The van der Waals surface area contributed by atoms with Crippen molar-refractivity contribution in [2.45, 2.75) is 31.4 Å². The van der Waals surface area contributed by atoms with Gasteiger partial charge in [0.15, 0.2) is 40.4 Å². The van der Waals surface area contributed by atoms with E-state index in [0.29, 0.717) is 0 Å². The third-order valence-electron chi connectivity index (χ3n) is 7.51. The lowest BCUT2D eigenvalue weighted by molar-refractivity contribution is -0.181. The molecule has 0 spiro atoms. The molecule has 6 atom stereocenters. The SMILES string of the molecule is CC(=O)C(=O)c1ccc(O)c2c1C[C@@H]1C[C@@H]3C(N(C)C)C(=O)C(C(N)=O)C(=O)[C@]3(O)C(=O)C1C2=O. The number of hydrogen-bond acceptors (Lipinski definition) is 10. The highest BCUT2D eigenvalue weighted by atomic mass is 16.3. The predicted molar refractivity (Wildman–Crippen MR) is 116 cm³/mol. The molecule has 184 valence electrons. The van der Waals surface area contributed by atoms with Crippen LogP contribution in [-0.2, 0) is 30.4 Å². The number of nitrogens with two attached hydrogens (primary N) is 1. The van der Waals surface area contributed by atoms with E-state index in [-0.39, 0.29) is 29.5 Å². The van der Waals surface area contributed by atoms with E-state index in [1.807, 2.05) is 0 Å².